The zero-order chi connectivity index (χ0) is 23.2. The van der Waals surface area contributed by atoms with E-state index in [0.29, 0.717) is 5.39 Å². The van der Waals surface area contributed by atoms with Crippen molar-refractivity contribution < 1.29 is 23.9 Å². The van der Waals surface area contributed by atoms with Gasteiger partial charge in [-0.3, -0.25) is 9.69 Å². The summed E-state index contributed by atoms with van der Waals surface area (Å²) in [6.45, 7) is 4.22. The summed E-state index contributed by atoms with van der Waals surface area (Å²) < 4.78 is 10.4. The molecule has 0 saturated carbocycles. The molecule has 1 unspecified atom stereocenters. The maximum absolute atomic E-state index is 12.7. The molecule has 0 amide bonds. The van der Waals surface area contributed by atoms with Gasteiger partial charge in [0.2, 0.25) is 0 Å². The van der Waals surface area contributed by atoms with E-state index in [1.165, 1.54) is 11.8 Å². The second-order valence-electron chi connectivity index (χ2n) is 8.51. The van der Waals surface area contributed by atoms with E-state index >= 15 is 0 Å². The van der Waals surface area contributed by atoms with Gasteiger partial charge in [0.15, 0.2) is 5.75 Å². The van der Waals surface area contributed by atoms with Crippen LogP contribution >= 0.6 is 0 Å². The third-order valence-electron chi connectivity index (χ3n) is 6.01. The molecule has 3 aromatic rings. The molecule has 2 heterocycles. The maximum Gasteiger partial charge on any atom is 0.422 e. The number of H-pyrrole nitrogens is 1. The lowest BCUT2D eigenvalue weighted by molar-refractivity contribution is -0.165. The molecule has 1 aliphatic rings. The smallest absolute Gasteiger partial charge is 0.422 e. The molecule has 0 radical (unpaired) electrons. The van der Waals surface area contributed by atoms with Gasteiger partial charge in [-0.05, 0) is 50.6 Å². The van der Waals surface area contributed by atoms with Gasteiger partial charge in [-0.25, -0.2) is 9.59 Å². The van der Waals surface area contributed by atoms with E-state index in [4.69, 9.17) is 9.47 Å². The maximum atomic E-state index is 12.7. The number of carbonyl (C=O) groups excluding carboxylic acids is 3. The van der Waals surface area contributed by atoms with Gasteiger partial charge in [-0.1, -0.05) is 42.5 Å². The number of aromatic nitrogens is 1. The normalized spacial score (nSPS) is 15.8. The number of rotatable bonds is 7. The van der Waals surface area contributed by atoms with Crippen molar-refractivity contribution in [1.29, 1.82) is 0 Å². The van der Waals surface area contributed by atoms with Crippen LogP contribution in [0.25, 0.3) is 10.9 Å². The first-order valence-corrected chi connectivity index (χ1v) is 11.3. The topological polar surface area (TPSA) is 88.7 Å². The Hall–Kier alpha value is -3.45. The van der Waals surface area contributed by atoms with Crippen LogP contribution in [-0.2, 0) is 25.7 Å². The average Bonchev–Trinajstić information content (AvgIpc) is 3.23. The highest BCUT2D eigenvalue weighted by molar-refractivity contribution is 6.30. The molecule has 2 aromatic carbocycles. The number of fused-ring (bicyclic) bond motifs is 1. The lowest BCUT2D eigenvalue weighted by atomic mass is 9.90. The second-order valence-corrected chi connectivity index (χ2v) is 8.51. The number of esters is 2. The fourth-order valence-electron chi connectivity index (χ4n) is 4.25. The third-order valence-corrected chi connectivity index (χ3v) is 6.01. The van der Waals surface area contributed by atoms with Crippen LogP contribution < -0.4 is 4.74 Å². The van der Waals surface area contributed by atoms with Crippen molar-refractivity contribution in [1.82, 2.24) is 9.88 Å². The number of hydrogen-bond acceptors (Lipinski definition) is 6. The first-order chi connectivity index (χ1) is 16.0. The van der Waals surface area contributed by atoms with Crippen LogP contribution in [0.4, 0.5) is 0 Å². The molecule has 7 heteroatoms. The second kappa shape index (κ2) is 10.4. The number of carbonyl (C=O) groups is 3. The van der Waals surface area contributed by atoms with Gasteiger partial charge in [0.1, 0.15) is 11.9 Å². The predicted molar refractivity (Wildman–Crippen MR) is 124 cm³/mol. The van der Waals surface area contributed by atoms with E-state index in [1.54, 1.807) is 13.0 Å². The van der Waals surface area contributed by atoms with Crippen molar-refractivity contribution in [2.75, 3.05) is 13.1 Å². The molecule has 172 valence electrons. The number of benzene rings is 2. The lowest BCUT2D eigenvalue weighted by Crippen LogP contribution is -2.37. The van der Waals surface area contributed by atoms with E-state index in [2.05, 4.69) is 22.0 Å². The van der Waals surface area contributed by atoms with E-state index in [9.17, 15) is 14.4 Å². The Labute approximate surface area is 192 Å². The van der Waals surface area contributed by atoms with E-state index in [1.807, 2.05) is 36.4 Å². The summed E-state index contributed by atoms with van der Waals surface area (Å²) in [5.74, 6) is -1.92. The van der Waals surface area contributed by atoms with Gasteiger partial charge in [0.25, 0.3) is 0 Å². The van der Waals surface area contributed by atoms with Crippen LogP contribution in [0.5, 0.6) is 5.75 Å². The lowest BCUT2D eigenvalue weighted by Gasteiger charge is -2.31. The molecule has 0 bridgehead atoms. The molecule has 33 heavy (non-hydrogen) atoms. The van der Waals surface area contributed by atoms with Crippen LogP contribution in [-0.4, -0.2) is 46.8 Å². The molecule has 1 fully saturated rings. The van der Waals surface area contributed by atoms with Crippen molar-refractivity contribution in [2.45, 2.75) is 38.8 Å². The Balaban J connectivity index is 1.21. The van der Waals surface area contributed by atoms with Crippen LogP contribution in [0.3, 0.4) is 0 Å². The summed E-state index contributed by atoms with van der Waals surface area (Å²) in [6.07, 6.45) is 2.50. The van der Waals surface area contributed by atoms with Gasteiger partial charge >= 0.3 is 11.9 Å². The standard InChI is InChI=1S/C26H28N2O5/c1-18(32-25(30)26(31)33-24-16-27-22-10-6-5-9-21(22)24)15-23(29)20-11-13-28(14-12-20)17-19-7-3-2-4-8-19/h2-10,16,18,20,27H,11-15,17H2,1H3. The Kier molecular flexibility index (Phi) is 7.19. The van der Waals surface area contributed by atoms with Gasteiger partial charge in [0, 0.05) is 36.0 Å². The predicted octanol–water partition coefficient (Wildman–Crippen LogP) is 3.88. The first-order valence-electron chi connectivity index (χ1n) is 11.3. The largest absolute Gasteiger partial charge is 0.454 e. The monoisotopic (exact) mass is 448 g/mol. The molecule has 1 atom stereocenters. The fraction of sp³-hybridized carbons (Fsp3) is 0.346. The number of piperidine rings is 1. The average molecular weight is 449 g/mol. The number of ketones is 1. The summed E-state index contributed by atoms with van der Waals surface area (Å²) in [5, 5.41) is 0.695. The van der Waals surface area contributed by atoms with Crippen molar-refractivity contribution in [2.24, 2.45) is 5.92 Å². The molecule has 1 aromatic heterocycles. The minimum absolute atomic E-state index is 0.0450. The Morgan fingerprint density at radius 3 is 2.45 bits per heavy atom. The first kappa shape index (κ1) is 22.7. The number of ether oxygens (including phenoxy) is 2. The molecular weight excluding hydrogens is 420 g/mol. The number of para-hydroxylation sites is 1. The molecule has 7 nitrogen and oxygen atoms in total. The molecular formula is C26H28N2O5. The number of aromatic amines is 1. The Morgan fingerprint density at radius 1 is 1.00 bits per heavy atom. The number of likely N-dealkylation sites (tertiary alicyclic amines) is 1. The summed E-state index contributed by atoms with van der Waals surface area (Å²) in [5.41, 5.74) is 2.06. The van der Waals surface area contributed by atoms with Crippen molar-refractivity contribution in [3.8, 4) is 5.75 Å². The van der Waals surface area contributed by atoms with Crippen molar-refractivity contribution in [3.63, 3.8) is 0 Å². The van der Waals surface area contributed by atoms with E-state index in [0.717, 1.165) is 38.0 Å². The molecule has 4 rings (SSSR count). The van der Waals surface area contributed by atoms with E-state index in [-0.39, 0.29) is 23.9 Å². The number of Topliss-reactive ketones (excluding diaryl/α,β-unsaturated/α-hetero) is 1. The highest BCUT2D eigenvalue weighted by Gasteiger charge is 2.28. The zero-order valence-corrected chi connectivity index (χ0v) is 18.7. The van der Waals surface area contributed by atoms with Gasteiger partial charge in [-0.15, -0.1) is 0 Å². The minimum Gasteiger partial charge on any atom is -0.454 e. The molecule has 0 spiro atoms. The fourth-order valence-corrected chi connectivity index (χ4v) is 4.25. The Morgan fingerprint density at radius 2 is 1.70 bits per heavy atom. The van der Waals surface area contributed by atoms with Crippen LogP contribution in [0.2, 0.25) is 0 Å². The highest BCUT2D eigenvalue weighted by Crippen LogP contribution is 2.25. The zero-order valence-electron chi connectivity index (χ0n) is 18.7. The van der Waals surface area contributed by atoms with Crippen molar-refractivity contribution >= 4 is 28.6 Å². The van der Waals surface area contributed by atoms with Gasteiger partial charge < -0.3 is 14.5 Å². The number of nitrogens with one attached hydrogen (secondary N) is 1. The SMILES string of the molecule is CC(CC(=O)C1CCN(Cc2ccccc2)CC1)OC(=O)C(=O)Oc1c[nH]c2ccccc12. The van der Waals surface area contributed by atoms with Gasteiger partial charge in [-0.2, -0.15) is 0 Å². The summed E-state index contributed by atoms with van der Waals surface area (Å²) in [4.78, 5) is 42.3. The minimum atomic E-state index is -1.10. The van der Waals surface area contributed by atoms with Gasteiger partial charge in [0.05, 0.1) is 0 Å². The van der Waals surface area contributed by atoms with E-state index < -0.39 is 18.0 Å². The van der Waals surface area contributed by atoms with Crippen LogP contribution in [0, 0.1) is 5.92 Å². The third kappa shape index (κ3) is 5.87. The van der Waals surface area contributed by atoms with Crippen LogP contribution in [0.1, 0.15) is 31.7 Å². The number of hydrogen-bond donors (Lipinski definition) is 1. The Bertz CT molecular complexity index is 1120. The molecule has 0 aliphatic carbocycles. The number of nitrogens with zero attached hydrogens (tertiary/aromatic N) is 1. The quantitative estimate of drug-likeness (QED) is 0.436. The molecule has 1 aliphatic heterocycles. The molecule has 1 saturated heterocycles. The summed E-state index contributed by atoms with van der Waals surface area (Å²) >= 11 is 0. The summed E-state index contributed by atoms with van der Waals surface area (Å²) in [6, 6.07) is 17.6. The highest BCUT2D eigenvalue weighted by atomic mass is 16.6. The van der Waals surface area contributed by atoms with Crippen molar-refractivity contribution in [3.05, 3.63) is 66.4 Å². The summed E-state index contributed by atoms with van der Waals surface area (Å²) in [7, 11) is 0. The van der Waals surface area contributed by atoms with Crippen LogP contribution in [0.15, 0.2) is 60.8 Å². The molecule has 1 N–H and O–H groups in total.